The highest BCUT2D eigenvalue weighted by molar-refractivity contribution is 5.93. The van der Waals surface area contributed by atoms with Gasteiger partial charge < -0.3 is 19.9 Å². The van der Waals surface area contributed by atoms with Crippen LogP contribution in [-0.2, 0) is 4.74 Å². The number of benzene rings is 2. The lowest BCUT2D eigenvalue weighted by Gasteiger charge is -2.13. The number of methoxy groups -OCH3 is 2. The van der Waals surface area contributed by atoms with Crippen molar-refractivity contribution in [2.24, 2.45) is 10.2 Å². The van der Waals surface area contributed by atoms with E-state index < -0.39 is 11.8 Å². The number of hydrogen-bond acceptors (Lipinski definition) is 7. The zero-order chi connectivity index (χ0) is 19.3. The molecule has 2 rings (SSSR count). The molecule has 0 aliphatic carbocycles. The molecule has 0 aliphatic heterocycles. The molecule has 0 aliphatic rings. The molecular weight excluding hydrogens is 341 g/mol. The van der Waals surface area contributed by atoms with Crippen LogP contribution in [0.1, 0.15) is 24.2 Å². The molecule has 2 aromatic rings. The van der Waals surface area contributed by atoms with E-state index in [1.807, 2.05) is 13.8 Å². The molecule has 2 aromatic carbocycles. The topological polar surface area (TPSA) is 95.5 Å². The minimum atomic E-state index is -0.657. The zero-order valence-corrected chi connectivity index (χ0v) is 14.9. The lowest BCUT2D eigenvalue weighted by molar-refractivity contribution is 0.0594. The molecule has 0 fully saturated rings. The average molecular weight is 361 g/mol. The monoisotopic (exact) mass is 361 g/mol. The molecule has 0 saturated heterocycles. The minimum Gasteiger partial charge on any atom is -0.494 e. The van der Waals surface area contributed by atoms with Crippen molar-refractivity contribution in [3.05, 3.63) is 41.7 Å². The molecule has 0 spiro atoms. The molecule has 0 amide bonds. The van der Waals surface area contributed by atoms with Crippen molar-refractivity contribution < 1.29 is 23.4 Å². The van der Waals surface area contributed by atoms with Crippen LogP contribution in [0.3, 0.4) is 0 Å². The summed E-state index contributed by atoms with van der Waals surface area (Å²) in [5.74, 6) is -0.727. The summed E-state index contributed by atoms with van der Waals surface area (Å²) in [5.41, 5.74) is 6.35. The standard InChI is InChI=1S/C18H20FN3O4/c1-10(2)26-15-9-12(5-6-13(15)18(23)25-4)21-22-17-14(19)7-11(20)8-16(17)24-3/h5-10H,20H2,1-4H3. The van der Waals surface area contributed by atoms with Gasteiger partial charge in [0, 0.05) is 17.8 Å². The minimum absolute atomic E-state index is 0.0786. The molecule has 2 N–H and O–H groups in total. The van der Waals surface area contributed by atoms with Gasteiger partial charge in [0.2, 0.25) is 0 Å². The van der Waals surface area contributed by atoms with Crippen molar-refractivity contribution in [3.8, 4) is 11.5 Å². The predicted octanol–water partition coefficient (Wildman–Crippen LogP) is 4.41. The maximum absolute atomic E-state index is 14.1. The SMILES string of the molecule is COC(=O)c1ccc(N=Nc2c(F)cc(N)cc2OC)cc1OC(C)C. The summed E-state index contributed by atoms with van der Waals surface area (Å²) in [6.07, 6.45) is -0.166. The lowest BCUT2D eigenvalue weighted by atomic mass is 10.2. The largest absolute Gasteiger partial charge is 0.494 e. The van der Waals surface area contributed by atoms with Crippen molar-refractivity contribution >= 4 is 23.0 Å². The number of carbonyl (C=O) groups is 1. The van der Waals surface area contributed by atoms with Gasteiger partial charge >= 0.3 is 5.97 Å². The highest BCUT2D eigenvalue weighted by Crippen LogP contribution is 2.35. The highest BCUT2D eigenvalue weighted by atomic mass is 19.1. The van der Waals surface area contributed by atoms with Crippen LogP contribution in [0.5, 0.6) is 11.5 Å². The number of ether oxygens (including phenoxy) is 3. The molecule has 8 heteroatoms. The third kappa shape index (κ3) is 4.47. The van der Waals surface area contributed by atoms with Crippen LogP contribution in [0.15, 0.2) is 40.6 Å². The number of nitrogens with two attached hydrogens (primary N) is 1. The van der Waals surface area contributed by atoms with Gasteiger partial charge in [-0.2, -0.15) is 5.11 Å². The first-order chi connectivity index (χ1) is 12.3. The Balaban J connectivity index is 2.41. The van der Waals surface area contributed by atoms with Crippen molar-refractivity contribution in [1.29, 1.82) is 0 Å². The Morgan fingerprint density at radius 2 is 1.85 bits per heavy atom. The van der Waals surface area contributed by atoms with Gasteiger partial charge in [-0.3, -0.25) is 0 Å². The number of nitrogen functional groups attached to an aromatic ring is 1. The summed E-state index contributed by atoms with van der Waals surface area (Å²) in [4.78, 5) is 11.8. The van der Waals surface area contributed by atoms with Crippen molar-refractivity contribution in [1.82, 2.24) is 0 Å². The fourth-order valence-electron chi connectivity index (χ4n) is 2.16. The van der Waals surface area contributed by atoms with E-state index in [4.69, 9.17) is 19.9 Å². The number of hydrogen-bond donors (Lipinski definition) is 1. The van der Waals surface area contributed by atoms with E-state index in [1.54, 1.807) is 6.07 Å². The number of anilines is 1. The Labute approximate surface area is 150 Å². The van der Waals surface area contributed by atoms with Crippen LogP contribution in [0.4, 0.5) is 21.5 Å². The van der Waals surface area contributed by atoms with E-state index in [0.717, 1.165) is 6.07 Å². The van der Waals surface area contributed by atoms with E-state index >= 15 is 0 Å². The molecule has 26 heavy (non-hydrogen) atoms. The second-order valence-corrected chi connectivity index (χ2v) is 5.59. The van der Waals surface area contributed by atoms with Gasteiger partial charge in [-0.15, -0.1) is 5.11 Å². The number of carbonyl (C=O) groups excluding carboxylic acids is 1. The number of esters is 1. The normalized spacial score (nSPS) is 11.0. The third-order valence-electron chi connectivity index (χ3n) is 3.27. The molecule has 0 heterocycles. The van der Waals surface area contributed by atoms with E-state index in [2.05, 4.69) is 10.2 Å². The van der Waals surface area contributed by atoms with Crippen LogP contribution < -0.4 is 15.2 Å². The van der Waals surface area contributed by atoms with Crippen molar-refractivity contribution in [2.75, 3.05) is 20.0 Å². The third-order valence-corrected chi connectivity index (χ3v) is 3.27. The van der Waals surface area contributed by atoms with Gasteiger partial charge in [-0.1, -0.05) is 0 Å². The molecule has 0 aromatic heterocycles. The van der Waals surface area contributed by atoms with Crippen molar-refractivity contribution in [2.45, 2.75) is 20.0 Å². The first-order valence-electron chi connectivity index (χ1n) is 7.79. The summed E-state index contributed by atoms with van der Waals surface area (Å²) in [5, 5.41) is 7.90. The Morgan fingerprint density at radius 3 is 2.46 bits per heavy atom. The quantitative estimate of drug-likeness (QED) is 0.467. The van der Waals surface area contributed by atoms with Crippen LogP contribution in [0.25, 0.3) is 0 Å². The fraction of sp³-hybridized carbons (Fsp3) is 0.278. The maximum atomic E-state index is 14.1. The number of nitrogens with zero attached hydrogens (tertiary/aromatic N) is 2. The summed E-state index contributed by atoms with van der Waals surface area (Å²) >= 11 is 0. The van der Waals surface area contributed by atoms with Gasteiger partial charge in [0.1, 0.15) is 11.3 Å². The Bertz CT molecular complexity index is 837. The molecule has 0 unspecified atom stereocenters. The number of azo groups is 1. The summed E-state index contributed by atoms with van der Waals surface area (Å²) in [6, 6.07) is 7.16. The highest BCUT2D eigenvalue weighted by Gasteiger charge is 2.15. The van der Waals surface area contributed by atoms with E-state index in [9.17, 15) is 9.18 Å². The first-order valence-corrected chi connectivity index (χ1v) is 7.79. The van der Waals surface area contributed by atoms with Gasteiger partial charge in [0.15, 0.2) is 17.3 Å². The van der Waals surface area contributed by atoms with Crippen molar-refractivity contribution in [3.63, 3.8) is 0 Å². The van der Waals surface area contributed by atoms with E-state index in [-0.39, 0.29) is 28.8 Å². The zero-order valence-electron chi connectivity index (χ0n) is 14.9. The summed E-state index contributed by atoms with van der Waals surface area (Å²) in [7, 11) is 2.66. The van der Waals surface area contributed by atoms with Crippen LogP contribution in [0, 0.1) is 5.82 Å². The maximum Gasteiger partial charge on any atom is 0.341 e. The van der Waals surface area contributed by atoms with E-state index in [0.29, 0.717) is 11.4 Å². The number of rotatable bonds is 6. The molecular formula is C18H20FN3O4. The van der Waals surface area contributed by atoms with E-state index in [1.165, 1.54) is 32.4 Å². The smallest absolute Gasteiger partial charge is 0.341 e. The van der Waals surface area contributed by atoms with Gasteiger partial charge in [0.25, 0.3) is 0 Å². The summed E-state index contributed by atoms with van der Waals surface area (Å²) in [6.45, 7) is 3.65. The fourth-order valence-corrected chi connectivity index (χ4v) is 2.16. The Hall–Kier alpha value is -3.16. The Kier molecular flexibility index (Phi) is 6.11. The molecule has 0 saturated carbocycles. The molecule has 138 valence electrons. The van der Waals surface area contributed by atoms with Crippen LogP contribution in [0.2, 0.25) is 0 Å². The number of halogens is 1. The lowest BCUT2D eigenvalue weighted by Crippen LogP contribution is -2.10. The van der Waals surface area contributed by atoms with Gasteiger partial charge in [-0.05, 0) is 32.0 Å². The van der Waals surface area contributed by atoms with Gasteiger partial charge in [-0.25, -0.2) is 9.18 Å². The average Bonchev–Trinajstić information content (AvgIpc) is 2.59. The molecule has 0 radical (unpaired) electrons. The van der Waals surface area contributed by atoms with Crippen LogP contribution >= 0.6 is 0 Å². The molecule has 0 bridgehead atoms. The summed E-state index contributed by atoms with van der Waals surface area (Å²) < 4.78 is 29.5. The Morgan fingerprint density at radius 1 is 1.12 bits per heavy atom. The second kappa shape index (κ2) is 8.28. The van der Waals surface area contributed by atoms with Gasteiger partial charge in [0.05, 0.1) is 26.0 Å². The molecule has 0 atom stereocenters. The van der Waals surface area contributed by atoms with Crippen LogP contribution in [-0.4, -0.2) is 26.3 Å². The first kappa shape index (κ1) is 19.2. The molecule has 7 nitrogen and oxygen atoms in total. The predicted molar refractivity (Wildman–Crippen MR) is 95.1 cm³/mol. The second-order valence-electron chi connectivity index (χ2n) is 5.59.